The van der Waals surface area contributed by atoms with Crippen molar-refractivity contribution in [2.45, 2.75) is 17.7 Å². The number of hydrogen-bond donors (Lipinski definition) is 1. The summed E-state index contributed by atoms with van der Waals surface area (Å²) in [4.78, 5) is 10.2. The van der Waals surface area contributed by atoms with Gasteiger partial charge >= 0.3 is 0 Å². The van der Waals surface area contributed by atoms with Crippen molar-refractivity contribution in [3.63, 3.8) is 0 Å². The van der Waals surface area contributed by atoms with Crippen LogP contribution in [-0.4, -0.2) is 44.3 Å². The first kappa shape index (κ1) is 20.3. The average molecular weight is 429 g/mol. The van der Waals surface area contributed by atoms with Gasteiger partial charge in [-0.05, 0) is 44.5 Å². The van der Waals surface area contributed by atoms with Crippen LogP contribution in [0, 0.1) is 16.0 Å². The van der Waals surface area contributed by atoms with Crippen molar-refractivity contribution in [3.05, 3.63) is 32.8 Å². The molecule has 1 fully saturated rings. The van der Waals surface area contributed by atoms with Crippen molar-refractivity contribution in [3.8, 4) is 0 Å². The molecule has 1 aromatic rings. The third-order valence-corrected chi connectivity index (χ3v) is 6.10. The second-order valence-electron chi connectivity index (χ2n) is 5.30. The van der Waals surface area contributed by atoms with Gasteiger partial charge in [0.1, 0.15) is 0 Å². The summed E-state index contributed by atoms with van der Waals surface area (Å²) in [6, 6.07) is 3.98. The Bertz CT molecular complexity index is 669. The van der Waals surface area contributed by atoms with E-state index in [1.807, 2.05) is 7.05 Å². The van der Waals surface area contributed by atoms with Gasteiger partial charge in [0.2, 0.25) is 10.0 Å². The maximum Gasteiger partial charge on any atom is 0.289 e. The van der Waals surface area contributed by atoms with E-state index in [1.165, 1.54) is 22.5 Å². The predicted octanol–water partition coefficient (Wildman–Crippen LogP) is 2.40. The van der Waals surface area contributed by atoms with Gasteiger partial charge in [0.25, 0.3) is 5.69 Å². The molecule has 1 unspecified atom stereocenters. The van der Waals surface area contributed by atoms with E-state index in [4.69, 9.17) is 0 Å². The van der Waals surface area contributed by atoms with Crippen LogP contribution in [0.2, 0.25) is 0 Å². The molecule has 7 nitrogen and oxygen atoms in total. The summed E-state index contributed by atoms with van der Waals surface area (Å²) >= 11 is 3.18. The van der Waals surface area contributed by atoms with E-state index in [0.717, 1.165) is 19.4 Å². The molecule has 2 rings (SSSR count). The van der Waals surface area contributed by atoms with Crippen LogP contribution in [0.5, 0.6) is 0 Å². The number of rotatable bonds is 5. The Labute approximate surface area is 150 Å². The molecule has 0 amide bonds. The molecule has 130 valence electrons. The molecule has 0 aliphatic carbocycles. The van der Waals surface area contributed by atoms with E-state index in [2.05, 4.69) is 21.2 Å². The molecule has 1 heterocycles. The number of benzene rings is 1. The first-order valence-corrected chi connectivity index (χ1v) is 9.18. The highest BCUT2D eigenvalue weighted by Crippen LogP contribution is 2.31. The number of halogens is 2. The largest absolute Gasteiger partial charge is 0.319 e. The Kier molecular flexibility index (Phi) is 7.40. The number of nitro groups is 1. The molecule has 10 heteroatoms. The molecule has 1 aliphatic rings. The summed E-state index contributed by atoms with van der Waals surface area (Å²) in [5.41, 5.74) is -0.390. The summed E-state index contributed by atoms with van der Waals surface area (Å²) in [6.07, 6.45) is 1.71. The summed E-state index contributed by atoms with van der Waals surface area (Å²) in [5, 5.41) is 14.2. The topological polar surface area (TPSA) is 92.6 Å². The van der Waals surface area contributed by atoms with Crippen molar-refractivity contribution >= 4 is 44.0 Å². The zero-order chi connectivity index (χ0) is 16.3. The SMILES string of the molecule is CNCC1CCCN(S(=O)(=O)c2cc(Br)ccc2[N+](=O)[O-])C1.Cl. The number of nitrogens with one attached hydrogen (secondary N) is 1. The monoisotopic (exact) mass is 427 g/mol. The fourth-order valence-corrected chi connectivity index (χ4v) is 4.94. The molecule has 1 N–H and O–H groups in total. The van der Waals surface area contributed by atoms with Gasteiger partial charge in [-0.1, -0.05) is 15.9 Å². The van der Waals surface area contributed by atoms with Gasteiger partial charge in [0.15, 0.2) is 4.90 Å². The van der Waals surface area contributed by atoms with Crippen LogP contribution in [0.15, 0.2) is 27.6 Å². The lowest BCUT2D eigenvalue weighted by Crippen LogP contribution is -2.42. The van der Waals surface area contributed by atoms with Crippen molar-refractivity contribution in [2.24, 2.45) is 5.92 Å². The number of sulfonamides is 1. The van der Waals surface area contributed by atoms with E-state index in [0.29, 0.717) is 17.6 Å². The van der Waals surface area contributed by atoms with Crippen LogP contribution < -0.4 is 5.32 Å². The van der Waals surface area contributed by atoms with Crippen molar-refractivity contribution in [2.75, 3.05) is 26.7 Å². The first-order chi connectivity index (χ1) is 10.4. The van der Waals surface area contributed by atoms with Gasteiger partial charge < -0.3 is 5.32 Å². The minimum Gasteiger partial charge on any atom is -0.319 e. The number of piperidine rings is 1. The Balaban J connectivity index is 0.00000264. The summed E-state index contributed by atoms with van der Waals surface area (Å²) in [6.45, 7) is 1.51. The minimum atomic E-state index is -3.88. The minimum absolute atomic E-state index is 0. The molecule has 0 radical (unpaired) electrons. The van der Waals surface area contributed by atoms with Gasteiger partial charge in [-0.15, -0.1) is 12.4 Å². The van der Waals surface area contributed by atoms with Gasteiger partial charge in [0.05, 0.1) is 4.92 Å². The fourth-order valence-electron chi connectivity index (χ4n) is 2.68. The van der Waals surface area contributed by atoms with Crippen LogP contribution in [0.25, 0.3) is 0 Å². The molecule has 0 bridgehead atoms. The van der Waals surface area contributed by atoms with Gasteiger partial charge in [0, 0.05) is 23.6 Å². The number of nitrogens with zero attached hydrogens (tertiary/aromatic N) is 2. The lowest BCUT2D eigenvalue weighted by atomic mass is 10.00. The molecule has 0 aromatic heterocycles. The van der Waals surface area contributed by atoms with Gasteiger partial charge in [-0.3, -0.25) is 10.1 Å². The smallest absolute Gasteiger partial charge is 0.289 e. The van der Waals surface area contributed by atoms with Crippen molar-refractivity contribution < 1.29 is 13.3 Å². The molecule has 1 aromatic carbocycles. The van der Waals surface area contributed by atoms with Gasteiger partial charge in [-0.2, -0.15) is 4.31 Å². The van der Waals surface area contributed by atoms with Gasteiger partial charge in [-0.25, -0.2) is 8.42 Å². The number of hydrogen-bond acceptors (Lipinski definition) is 5. The standard InChI is InChI=1S/C13H18BrN3O4S.ClH/c1-15-8-10-3-2-6-16(9-10)22(20,21)13-7-11(14)4-5-12(13)17(18)19;/h4-5,7,10,15H,2-3,6,8-9H2,1H3;1H. The molecular weight excluding hydrogens is 410 g/mol. The maximum absolute atomic E-state index is 12.8. The Morgan fingerprint density at radius 3 is 2.78 bits per heavy atom. The van der Waals surface area contributed by atoms with E-state index in [9.17, 15) is 18.5 Å². The molecular formula is C13H19BrClN3O4S. The van der Waals surface area contributed by atoms with E-state index in [1.54, 1.807) is 0 Å². The van der Waals surface area contributed by atoms with E-state index in [-0.39, 0.29) is 28.9 Å². The summed E-state index contributed by atoms with van der Waals surface area (Å²) in [7, 11) is -2.05. The normalized spacial score (nSPS) is 19.1. The quantitative estimate of drug-likeness (QED) is 0.574. The zero-order valence-corrected chi connectivity index (χ0v) is 15.8. The van der Waals surface area contributed by atoms with Crippen LogP contribution in [0.1, 0.15) is 12.8 Å². The molecule has 1 atom stereocenters. The first-order valence-electron chi connectivity index (χ1n) is 6.95. The Hall–Kier alpha value is -0.740. The van der Waals surface area contributed by atoms with Crippen LogP contribution in [0.3, 0.4) is 0 Å². The fraction of sp³-hybridized carbons (Fsp3) is 0.538. The molecule has 23 heavy (non-hydrogen) atoms. The molecule has 0 saturated carbocycles. The van der Waals surface area contributed by atoms with Crippen LogP contribution >= 0.6 is 28.3 Å². The third kappa shape index (κ3) is 4.63. The van der Waals surface area contributed by atoms with Crippen molar-refractivity contribution in [1.29, 1.82) is 0 Å². The highest BCUT2D eigenvalue weighted by molar-refractivity contribution is 9.10. The molecule has 1 saturated heterocycles. The third-order valence-electron chi connectivity index (χ3n) is 3.71. The zero-order valence-electron chi connectivity index (χ0n) is 12.6. The number of nitro benzene ring substituents is 1. The maximum atomic E-state index is 12.8. The highest BCUT2D eigenvalue weighted by Gasteiger charge is 2.34. The Morgan fingerprint density at radius 1 is 1.48 bits per heavy atom. The lowest BCUT2D eigenvalue weighted by Gasteiger charge is -2.31. The van der Waals surface area contributed by atoms with E-state index < -0.39 is 14.9 Å². The predicted molar refractivity (Wildman–Crippen MR) is 93.5 cm³/mol. The molecule has 1 aliphatic heterocycles. The average Bonchev–Trinajstić information content (AvgIpc) is 2.47. The second kappa shape index (κ2) is 8.39. The summed E-state index contributed by atoms with van der Waals surface area (Å²) < 4.78 is 27.4. The highest BCUT2D eigenvalue weighted by atomic mass is 79.9. The second-order valence-corrected chi connectivity index (χ2v) is 8.12. The lowest BCUT2D eigenvalue weighted by molar-refractivity contribution is -0.387. The van der Waals surface area contributed by atoms with Crippen LogP contribution in [0.4, 0.5) is 5.69 Å². The summed E-state index contributed by atoms with van der Waals surface area (Å²) in [5.74, 6) is 0.222. The Morgan fingerprint density at radius 2 is 2.17 bits per heavy atom. The van der Waals surface area contributed by atoms with Crippen molar-refractivity contribution in [1.82, 2.24) is 9.62 Å². The van der Waals surface area contributed by atoms with Crippen LogP contribution in [-0.2, 0) is 10.0 Å². The molecule has 0 spiro atoms. The van der Waals surface area contributed by atoms with E-state index >= 15 is 0 Å².